The molecule has 1 saturated heterocycles. The number of aromatic nitrogens is 4. The Labute approximate surface area is 134 Å². The molecule has 0 aliphatic carbocycles. The van der Waals surface area contributed by atoms with E-state index in [2.05, 4.69) is 15.1 Å². The number of rotatable bonds is 2. The summed E-state index contributed by atoms with van der Waals surface area (Å²) in [7, 11) is -0.990. The van der Waals surface area contributed by atoms with Crippen molar-refractivity contribution in [1.82, 2.24) is 19.7 Å². The fourth-order valence-corrected chi connectivity index (χ4v) is 1.78. The standard InChI is InChI=1S/C14H19BN4O2/c1-10-8-16-12(17-9-10)19-7-6-11(18-19)15-20-13(2,3)14(4,5)21-15/h6-9H,1-5H3/i1D3,6D,7D,8D,9D. The minimum absolute atomic E-state index is 0.0326. The van der Waals surface area contributed by atoms with Gasteiger partial charge in [0.2, 0.25) is 5.95 Å². The van der Waals surface area contributed by atoms with Gasteiger partial charge in [-0.2, -0.15) is 5.10 Å². The highest BCUT2D eigenvalue weighted by atomic mass is 16.7. The highest BCUT2D eigenvalue weighted by molar-refractivity contribution is 6.61. The van der Waals surface area contributed by atoms with Gasteiger partial charge in [-0.3, -0.25) is 0 Å². The van der Waals surface area contributed by atoms with Crippen LogP contribution in [0.3, 0.4) is 0 Å². The van der Waals surface area contributed by atoms with Gasteiger partial charge in [0.1, 0.15) is 0 Å². The van der Waals surface area contributed by atoms with Gasteiger partial charge in [-0.15, -0.1) is 0 Å². The molecule has 21 heavy (non-hydrogen) atoms. The number of nitrogens with zero attached hydrogens (tertiary/aromatic N) is 4. The fourth-order valence-electron chi connectivity index (χ4n) is 1.78. The van der Waals surface area contributed by atoms with Crippen LogP contribution in [0, 0.1) is 6.85 Å². The zero-order valence-corrected chi connectivity index (χ0v) is 12.2. The molecule has 0 saturated carbocycles. The normalized spacial score (nSPS) is 25.3. The van der Waals surface area contributed by atoms with Crippen molar-refractivity contribution >= 4 is 12.7 Å². The Morgan fingerprint density at radius 1 is 1.19 bits per heavy atom. The third kappa shape index (κ3) is 2.47. The molecule has 2 aromatic rings. The summed E-state index contributed by atoms with van der Waals surface area (Å²) < 4.78 is 66.7. The third-order valence-electron chi connectivity index (χ3n) is 3.70. The molecule has 3 rings (SSSR count). The van der Waals surface area contributed by atoms with Crippen molar-refractivity contribution in [1.29, 1.82) is 0 Å². The molecule has 110 valence electrons. The Morgan fingerprint density at radius 3 is 2.38 bits per heavy atom. The Bertz CT molecular complexity index is 905. The van der Waals surface area contributed by atoms with Gasteiger partial charge in [0, 0.05) is 22.6 Å². The van der Waals surface area contributed by atoms with Crippen LogP contribution >= 0.6 is 0 Å². The molecule has 1 aliphatic heterocycles. The first-order valence-corrected chi connectivity index (χ1v) is 6.43. The minimum Gasteiger partial charge on any atom is -0.398 e. The number of hydrogen-bond acceptors (Lipinski definition) is 5. The molecule has 0 amide bonds. The maximum atomic E-state index is 8.17. The lowest BCUT2D eigenvalue weighted by Gasteiger charge is -2.32. The monoisotopic (exact) mass is 293 g/mol. The SMILES string of the molecule is [2H]c1nc(-n2nc(B3OC(C)(C)C(C)(C)O3)c([2H])c2[2H])nc([2H])c1C([2H])([2H])[2H]. The van der Waals surface area contributed by atoms with Crippen LogP contribution in [-0.2, 0) is 9.31 Å². The first-order valence-electron chi connectivity index (χ1n) is 9.93. The van der Waals surface area contributed by atoms with E-state index in [1.54, 1.807) is 0 Å². The summed E-state index contributed by atoms with van der Waals surface area (Å²) in [5.41, 5.74) is -1.90. The van der Waals surface area contributed by atoms with Crippen molar-refractivity contribution in [2.45, 2.75) is 45.7 Å². The maximum Gasteiger partial charge on any atom is 0.516 e. The molecular formula is C14H19BN4O2. The molecule has 7 heteroatoms. The van der Waals surface area contributed by atoms with Crippen molar-refractivity contribution in [3.8, 4) is 5.95 Å². The molecule has 1 fully saturated rings. The lowest BCUT2D eigenvalue weighted by molar-refractivity contribution is 0.00578. The van der Waals surface area contributed by atoms with E-state index in [0.29, 0.717) is 0 Å². The van der Waals surface area contributed by atoms with Crippen LogP contribution in [-0.4, -0.2) is 38.1 Å². The highest BCUT2D eigenvalue weighted by Gasteiger charge is 2.52. The summed E-state index contributed by atoms with van der Waals surface area (Å²) in [6, 6.07) is -0.278. The molecule has 3 heterocycles. The Morgan fingerprint density at radius 2 is 1.81 bits per heavy atom. The number of hydrogen-bond donors (Lipinski definition) is 0. The molecular weight excluding hydrogens is 267 g/mol. The van der Waals surface area contributed by atoms with Crippen LogP contribution in [0.15, 0.2) is 24.6 Å². The summed E-state index contributed by atoms with van der Waals surface area (Å²) >= 11 is 0. The first-order chi connectivity index (χ1) is 12.7. The highest BCUT2D eigenvalue weighted by Crippen LogP contribution is 2.36. The minimum atomic E-state index is -2.71. The van der Waals surface area contributed by atoms with Gasteiger partial charge in [0.25, 0.3) is 0 Å². The van der Waals surface area contributed by atoms with Crippen molar-refractivity contribution in [3.05, 3.63) is 30.1 Å². The third-order valence-corrected chi connectivity index (χ3v) is 3.70. The molecule has 0 spiro atoms. The van der Waals surface area contributed by atoms with Crippen LogP contribution in [0.5, 0.6) is 0 Å². The second kappa shape index (κ2) is 4.64. The van der Waals surface area contributed by atoms with Crippen LogP contribution in [0.1, 0.15) is 42.9 Å². The smallest absolute Gasteiger partial charge is 0.398 e. The van der Waals surface area contributed by atoms with Gasteiger partial charge in [-0.1, -0.05) is 0 Å². The van der Waals surface area contributed by atoms with Crippen molar-refractivity contribution in [3.63, 3.8) is 0 Å². The molecule has 0 atom stereocenters. The van der Waals surface area contributed by atoms with Crippen LogP contribution in [0.25, 0.3) is 5.95 Å². The predicted octanol–water partition coefficient (Wildman–Crippen LogP) is 1.27. The zero-order valence-electron chi connectivity index (χ0n) is 19.2. The lowest BCUT2D eigenvalue weighted by atomic mass is 9.85. The Kier molecular flexibility index (Phi) is 1.78. The van der Waals surface area contributed by atoms with E-state index >= 15 is 0 Å². The molecule has 0 unspecified atom stereocenters. The van der Waals surface area contributed by atoms with Gasteiger partial charge < -0.3 is 9.31 Å². The average molecular weight is 293 g/mol. The molecule has 0 N–H and O–H groups in total. The van der Waals surface area contributed by atoms with E-state index in [4.69, 9.17) is 18.9 Å². The summed E-state index contributed by atoms with van der Waals surface area (Å²) in [5, 5.41) is 4.13. The molecule has 0 aromatic carbocycles. The van der Waals surface area contributed by atoms with Gasteiger partial charge in [-0.25, -0.2) is 14.6 Å². The maximum absolute atomic E-state index is 8.17. The van der Waals surface area contributed by atoms with E-state index in [-0.39, 0.29) is 17.6 Å². The quantitative estimate of drug-likeness (QED) is 0.780. The Balaban J connectivity index is 2.06. The second-order valence-corrected chi connectivity index (χ2v) is 5.74. The van der Waals surface area contributed by atoms with Gasteiger partial charge in [-0.05, 0) is 46.2 Å². The van der Waals surface area contributed by atoms with Crippen LogP contribution in [0.4, 0.5) is 0 Å². The van der Waals surface area contributed by atoms with Gasteiger partial charge >= 0.3 is 7.12 Å². The summed E-state index contributed by atoms with van der Waals surface area (Å²) in [5.74, 6) is -0.343. The van der Waals surface area contributed by atoms with E-state index in [0.717, 1.165) is 4.68 Å². The van der Waals surface area contributed by atoms with Crippen molar-refractivity contribution in [2.24, 2.45) is 0 Å². The van der Waals surface area contributed by atoms with Crippen molar-refractivity contribution in [2.75, 3.05) is 0 Å². The van der Waals surface area contributed by atoms with E-state index in [1.165, 1.54) is 0 Å². The topological polar surface area (TPSA) is 62.1 Å². The van der Waals surface area contributed by atoms with E-state index < -0.39 is 49.3 Å². The largest absolute Gasteiger partial charge is 0.516 e. The van der Waals surface area contributed by atoms with Gasteiger partial charge in [0.15, 0.2) is 0 Å². The summed E-state index contributed by atoms with van der Waals surface area (Å²) in [6.45, 7) is 4.64. The van der Waals surface area contributed by atoms with Crippen LogP contribution < -0.4 is 5.59 Å². The molecule has 2 aromatic heterocycles. The Hall–Kier alpha value is -1.73. The fraction of sp³-hybridized carbons (Fsp3) is 0.500. The van der Waals surface area contributed by atoms with Gasteiger partial charge in [0.05, 0.1) is 22.3 Å². The summed E-state index contributed by atoms with van der Waals surface area (Å²) in [6.07, 6.45) is -1.72. The predicted molar refractivity (Wildman–Crippen MR) is 79.6 cm³/mol. The molecule has 0 bridgehead atoms. The zero-order chi connectivity index (χ0) is 21.2. The van der Waals surface area contributed by atoms with Crippen molar-refractivity contribution < 1.29 is 18.9 Å². The summed E-state index contributed by atoms with van der Waals surface area (Å²) in [4.78, 5) is 7.52. The van der Waals surface area contributed by atoms with E-state index in [1.807, 2.05) is 27.7 Å². The van der Waals surface area contributed by atoms with E-state index in [9.17, 15) is 0 Å². The molecule has 1 aliphatic rings. The average Bonchev–Trinajstić information content (AvgIpc) is 2.90. The molecule has 0 radical (unpaired) electrons. The second-order valence-electron chi connectivity index (χ2n) is 5.74. The lowest BCUT2D eigenvalue weighted by Crippen LogP contribution is -2.41. The van der Waals surface area contributed by atoms with Crippen LogP contribution in [0.2, 0.25) is 0 Å². The first kappa shape index (κ1) is 8.05. The molecule has 6 nitrogen and oxygen atoms in total.